The van der Waals surface area contributed by atoms with Crippen LogP contribution in [0.4, 0.5) is 18.9 Å². The lowest BCUT2D eigenvalue weighted by atomic mass is 10.1. The number of nitrogen functional groups attached to an aromatic ring is 1. The van der Waals surface area contributed by atoms with Crippen LogP contribution in [0.2, 0.25) is 0 Å². The lowest BCUT2D eigenvalue weighted by molar-refractivity contribution is -0.137. The van der Waals surface area contributed by atoms with Gasteiger partial charge in [-0.2, -0.15) is 18.3 Å². The number of aromatic nitrogens is 2. The summed E-state index contributed by atoms with van der Waals surface area (Å²) in [5, 5.41) is 4.18. The maximum Gasteiger partial charge on any atom is 0.416 e. The average Bonchev–Trinajstić information content (AvgIpc) is 2.96. The number of hydrogen-bond acceptors (Lipinski definition) is 2. The highest BCUT2D eigenvalue weighted by molar-refractivity contribution is 5.66. The van der Waals surface area contributed by atoms with E-state index in [1.165, 1.54) is 16.8 Å². The van der Waals surface area contributed by atoms with E-state index in [2.05, 4.69) is 5.10 Å². The van der Waals surface area contributed by atoms with E-state index in [4.69, 9.17) is 5.73 Å². The Kier molecular flexibility index (Phi) is 3.36. The number of rotatable bonds is 2. The van der Waals surface area contributed by atoms with E-state index in [9.17, 15) is 13.2 Å². The molecule has 0 unspecified atom stereocenters. The lowest BCUT2D eigenvalue weighted by Gasteiger charge is -2.07. The second-order valence-electron chi connectivity index (χ2n) is 4.84. The van der Waals surface area contributed by atoms with Crippen LogP contribution in [-0.4, -0.2) is 9.78 Å². The molecule has 1 aromatic heterocycles. The van der Waals surface area contributed by atoms with Gasteiger partial charge in [-0.25, -0.2) is 4.68 Å². The minimum atomic E-state index is -4.34. The summed E-state index contributed by atoms with van der Waals surface area (Å²) in [6, 6.07) is 12.2. The molecule has 0 amide bonds. The average molecular weight is 303 g/mol. The van der Waals surface area contributed by atoms with Gasteiger partial charge in [-0.1, -0.05) is 12.1 Å². The molecule has 0 saturated carbocycles. The Morgan fingerprint density at radius 3 is 2.32 bits per heavy atom. The van der Waals surface area contributed by atoms with E-state index >= 15 is 0 Å². The summed E-state index contributed by atoms with van der Waals surface area (Å²) in [7, 11) is 0. The molecule has 0 aliphatic rings. The van der Waals surface area contributed by atoms with Crippen molar-refractivity contribution < 1.29 is 13.2 Å². The zero-order valence-electron chi connectivity index (χ0n) is 11.4. The zero-order valence-corrected chi connectivity index (χ0v) is 11.4. The topological polar surface area (TPSA) is 43.8 Å². The molecule has 6 heteroatoms. The third-order valence-electron chi connectivity index (χ3n) is 3.26. The third kappa shape index (κ3) is 2.81. The zero-order chi connectivity index (χ0) is 15.7. The van der Waals surface area contributed by atoms with Gasteiger partial charge in [-0.15, -0.1) is 0 Å². The third-order valence-corrected chi connectivity index (χ3v) is 3.26. The second kappa shape index (κ2) is 5.22. The first-order valence-electron chi connectivity index (χ1n) is 6.52. The van der Waals surface area contributed by atoms with Crippen LogP contribution in [0.1, 0.15) is 5.56 Å². The number of anilines is 1. The van der Waals surface area contributed by atoms with E-state index < -0.39 is 11.7 Å². The van der Waals surface area contributed by atoms with Crippen molar-refractivity contribution in [3.8, 4) is 16.8 Å². The van der Waals surface area contributed by atoms with E-state index in [0.717, 1.165) is 23.3 Å². The Balaban J connectivity index is 1.91. The van der Waals surface area contributed by atoms with Gasteiger partial charge < -0.3 is 5.73 Å². The van der Waals surface area contributed by atoms with Crippen LogP contribution in [0, 0.1) is 0 Å². The van der Waals surface area contributed by atoms with Crippen molar-refractivity contribution in [2.45, 2.75) is 6.18 Å². The molecule has 0 fully saturated rings. The summed E-state index contributed by atoms with van der Waals surface area (Å²) in [6.45, 7) is 0. The molecule has 0 radical (unpaired) electrons. The number of alkyl halides is 3. The molecule has 3 rings (SSSR count). The number of nitrogens with two attached hydrogens (primary N) is 1. The summed E-state index contributed by atoms with van der Waals surface area (Å²) >= 11 is 0. The van der Waals surface area contributed by atoms with Crippen LogP contribution in [0.3, 0.4) is 0 Å². The van der Waals surface area contributed by atoms with Crippen molar-refractivity contribution in [1.82, 2.24) is 9.78 Å². The number of nitrogens with zero attached hydrogens (tertiary/aromatic N) is 2. The van der Waals surface area contributed by atoms with Crippen LogP contribution < -0.4 is 5.73 Å². The predicted octanol–water partition coefficient (Wildman–Crippen LogP) is 4.14. The van der Waals surface area contributed by atoms with Gasteiger partial charge in [0.05, 0.1) is 17.4 Å². The highest BCUT2D eigenvalue weighted by Gasteiger charge is 2.30. The molecule has 2 aromatic carbocycles. The molecule has 0 bridgehead atoms. The van der Waals surface area contributed by atoms with Crippen LogP contribution in [0.25, 0.3) is 16.8 Å². The first-order valence-corrected chi connectivity index (χ1v) is 6.52. The minimum absolute atomic E-state index is 0.558. The molecule has 22 heavy (non-hydrogen) atoms. The van der Waals surface area contributed by atoms with Crippen LogP contribution in [0.5, 0.6) is 0 Å². The molecule has 0 atom stereocenters. The smallest absolute Gasteiger partial charge is 0.399 e. The Morgan fingerprint density at radius 2 is 1.68 bits per heavy atom. The van der Waals surface area contributed by atoms with Crippen molar-refractivity contribution >= 4 is 5.69 Å². The molecule has 2 N–H and O–H groups in total. The first kappa shape index (κ1) is 14.2. The van der Waals surface area contributed by atoms with E-state index in [0.29, 0.717) is 11.4 Å². The van der Waals surface area contributed by atoms with Crippen molar-refractivity contribution in [2.24, 2.45) is 0 Å². The van der Waals surface area contributed by atoms with E-state index in [1.54, 1.807) is 18.5 Å². The molecule has 0 aliphatic heterocycles. The van der Waals surface area contributed by atoms with Gasteiger partial charge in [0.2, 0.25) is 0 Å². The molecule has 3 aromatic rings. The highest BCUT2D eigenvalue weighted by Crippen LogP contribution is 2.30. The number of halogens is 3. The van der Waals surface area contributed by atoms with Gasteiger partial charge >= 0.3 is 6.18 Å². The minimum Gasteiger partial charge on any atom is -0.399 e. The SMILES string of the molecule is Nc1cccc(-c2cnn(-c3ccc(C(F)(F)F)cc3)c2)c1. The Morgan fingerprint density at radius 1 is 0.955 bits per heavy atom. The fraction of sp³-hybridized carbons (Fsp3) is 0.0625. The second-order valence-corrected chi connectivity index (χ2v) is 4.84. The maximum atomic E-state index is 12.6. The predicted molar refractivity (Wildman–Crippen MR) is 78.4 cm³/mol. The Bertz CT molecular complexity index is 789. The van der Waals surface area contributed by atoms with Gasteiger partial charge in [0.25, 0.3) is 0 Å². The molecular weight excluding hydrogens is 291 g/mol. The molecule has 0 spiro atoms. The quantitative estimate of drug-likeness (QED) is 0.723. The van der Waals surface area contributed by atoms with Gasteiger partial charge in [-0.3, -0.25) is 0 Å². The fourth-order valence-electron chi connectivity index (χ4n) is 2.13. The molecule has 112 valence electrons. The normalized spacial score (nSPS) is 11.6. The maximum absolute atomic E-state index is 12.6. The van der Waals surface area contributed by atoms with Gasteiger partial charge in [0.15, 0.2) is 0 Å². The number of benzene rings is 2. The van der Waals surface area contributed by atoms with Gasteiger partial charge in [-0.05, 0) is 42.0 Å². The summed E-state index contributed by atoms with van der Waals surface area (Å²) in [6.07, 6.45) is -0.945. The Labute approximate surface area is 124 Å². The molecular formula is C16H12F3N3. The van der Waals surface area contributed by atoms with Crippen LogP contribution >= 0.6 is 0 Å². The van der Waals surface area contributed by atoms with E-state index in [-0.39, 0.29) is 0 Å². The van der Waals surface area contributed by atoms with Gasteiger partial charge in [0.1, 0.15) is 0 Å². The summed E-state index contributed by atoms with van der Waals surface area (Å²) in [5.41, 5.74) is 7.99. The molecule has 0 saturated heterocycles. The highest BCUT2D eigenvalue weighted by atomic mass is 19.4. The first-order chi connectivity index (χ1) is 10.4. The standard InChI is InChI=1S/C16H12F3N3/c17-16(18,19)13-4-6-15(7-5-13)22-10-12(9-21-22)11-2-1-3-14(20)8-11/h1-10H,20H2. The summed E-state index contributed by atoms with van der Waals surface area (Å²) < 4.78 is 39.2. The van der Waals surface area contributed by atoms with Crippen molar-refractivity contribution in [3.05, 3.63) is 66.5 Å². The van der Waals surface area contributed by atoms with Crippen molar-refractivity contribution in [2.75, 3.05) is 5.73 Å². The van der Waals surface area contributed by atoms with Gasteiger partial charge in [0, 0.05) is 17.4 Å². The Hall–Kier alpha value is -2.76. The monoisotopic (exact) mass is 303 g/mol. The molecule has 1 heterocycles. The van der Waals surface area contributed by atoms with Crippen LogP contribution in [0.15, 0.2) is 60.9 Å². The van der Waals surface area contributed by atoms with E-state index in [1.807, 2.05) is 18.2 Å². The number of hydrogen-bond donors (Lipinski definition) is 1. The van der Waals surface area contributed by atoms with Crippen LogP contribution in [-0.2, 0) is 6.18 Å². The lowest BCUT2D eigenvalue weighted by Crippen LogP contribution is -2.05. The summed E-state index contributed by atoms with van der Waals surface area (Å²) in [4.78, 5) is 0. The largest absolute Gasteiger partial charge is 0.416 e. The fourth-order valence-corrected chi connectivity index (χ4v) is 2.13. The molecule has 0 aliphatic carbocycles. The van der Waals surface area contributed by atoms with Crippen molar-refractivity contribution in [3.63, 3.8) is 0 Å². The van der Waals surface area contributed by atoms with Crippen molar-refractivity contribution in [1.29, 1.82) is 0 Å². The summed E-state index contributed by atoms with van der Waals surface area (Å²) in [5.74, 6) is 0. The molecule has 3 nitrogen and oxygen atoms in total.